The second kappa shape index (κ2) is 13.9. The molecule has 0 aromatic heterocycles. The summed E-state index contributed by atoms with van der Waals surface area (Å²) >= 11 is 0. The molecule has 3 atom stereocenters. The average Bonchev–Trinajstić information content (AvgIpc) is 3.41. The van der Waals surface area contributed by atoms with Gasteiger partial charge in [0.25, 0.3) is 0 Å². The number of carbonyl (C=O) groups excluding carboxylic acids is 1. The van der Waals surface area contributed by atoms with Crippen molar-refractivity contribution in [3.63, 3.8) is 0 Å². The summed E-state index contributed by atoms with van der Waals surface area (Å²) in [4.78, 5) is 12.8. The first-order valence-corrected chi connectivity index (χ1v) is 14.0. The molecule has 37 heavy (non-hydrogen) atoms. The van der Waals surface area contributed by atoms with E-state index in [4.69, 9.17) is 14.2 Å². The van der Waals surface area contributed by atoms with Crippen LogP contribution in [0.4, 0.5) is 0 Å². The number of amides is 1. The van der Waals surface area contributed by atoms with Gasteiger partial charge < -0.3 is 24.6 Å². The summed E-state index contributed by atoms with van der Waals surface area (Å²) in [6.07, 6.45) is -0.222. The molecule has 2 aromatic rings. The molecular weight excluding hydrogens is 496 g/mol. The van der Waals surface area contributed by atoms with Crippen molar-refractivity contribution in [3.8, 4) is 5.75 Å². The normalized spacial score (nSPS) is 17.6. The van der Waals surface area contributed by atoms with Crippen molar-refractivity contribution in [3.05, 3.63) is 60.2 Å². The van der Waals surface area contributed by atoms with Crippen LogP contribution in [-0.4, -0.2) is 82.0 Å². The molecule has 3 unspecified atom stereocenters. The Morgan fingerprint density at radius 1 is 1.14 bits per heavy atom. The van der Waals surface area contributed by atoms with Crippen molar-refractivity contribution in [2.24, 2.45) is 5.92 Å². The Bertz CT molecular complexity index is 1070. The molecule has 0 bridgehead atoms. The second-order valence-corrected chi connectivity index (χ2v) is 11.6. The van der Waals surface area contributed by atoms with Crippen molar-refractivity contribution in [1.82, 2.24) is 9.62 Å². The van der Waals surface area contributed by atoms with Crippen molar-refractivity contribution in [2.45, 2.75) is 49.8 Å². The number of hydrogen-bond acceptors (Lipinski definition) is 7. The molecule has 204 valence electrons. The van der Waals surface area contributed by atoms with Crippen molar-refractivity contribution in [1.29, 1.82) is 0 Å². The van der Waals surface area contributed by atoms with E-state index in [2.05, 4.69) is 5.32 Å². The lowest BCUT2D eigenvalue weighted by atomic mass is 10.0. The second-order valence-electron chi connectivity index (χ2n) is 9.62. The Balaban J connectivity index is 1.77. The zero-order valence-corrected chi connectivity index (χ0v) is 22.5. The van der Waals surface area contributed by atoms with E-state index in [1.807, 2.05) is 44.2 Å². The van der Waals surface area contributed by atoms with Crippen LogP contribution in [0.5, 0.6) is 5.75 Å². The SMILES string of the molecule is COc1ccc(S(=O)(=O)N(CC(C)C)CC(O)C(Cc2ccccc2)NC(=O)COC2CCOC2)cc1. The number of nitrogens with zero attached hydrogens (tertiary/aromatic N) is 1. The molecular formula is C27H38N2O7S. The lowest BCUT2D eigenvalue weighted by Crippen LogP contribution is -2.51. The van der Waals surface area contributed by atoms with Crippen LogP contribution < -0.4 is 10.1 Å². The molecule has 0 spiro atoms. The first-order valence-electron chi connectivity index (χ1n) is 12.5. The zero-order valence-electron chi connectivity index (χ0n) is 21.7. The third-order valence-corrected chi connectivity index (χ3v) is 7.95. The van der Waals surface area contributed by atoms with E-state index in [0.29, 0.717) is 25.4 Å². The fourth-order valence-corrected chi connectivity index (χ4v) is 5.77. The van der Waals surface area contributed by atoms with Gasteiger partial charge in [0, 0.05) is 19.7 Å². The molecule has 3 rings (SSSR count). The van der Waals surface area contributed by atoms with Crippen molar-refractivity contribution >= 4 is 15.9 Å². The van der Waals surface area contributed by atoms with Crippen LogP contribution in [-0.2, 0) is 30.7 Å². The minimum Gasteiger partial charge on any atom is -0.497 e. The zero-order chi connectivity index (χ0) is 26.8. The van der Waals surface area contributed by atoms with Gasteiger partial charge in [-0.2, -0.15) is 4.31 Å². The topological polar surface area (TPSA) is 114 Å². The monoisotopic (exact) mass is 534 g/mol. The fourth-order valence-electron chi connectivity index (χ4n) is 4.15. The van der Waals surface area contributed by atoms with E-state index in [0.717, 1.165) is 12.0 Å². The molecule has 0 aliphatic carbocycles. The number of hydrogen-bond donors (Lipinski definition) is 2. The van der Waals surface area contributed by atoms with Gasteiger partial charge in [-0.25, -0.2) is 8.42 Å². The van der Waals surface area contributed by atoms with E-state index >= 15 is 0 Å². The molecule has 1 aliphatic heterocycles. The molecule has 1 amide bonds. The Morgan fingerprint density at radius 2 is 1.84 bits per heavy atom. The highest BCUT2D eigenvalue weighted by Gasteiger charge is 2.31. The average molecular weight is 535 g/mol. The van der Waals surface area contributed by atoms with E-state index in [1.54, 1.807) is 12.1 Å². The van der Waals surface area contributed by atoms with Gasteiger partial charge in [0.15, 0.2) is 0 Å². The lowest BCUT2D eigenvalue weighted by molar-refractivity contribution is -0.129. The van der Waals surface area contributed by atoms with Gasteiger partial charge in [-0.15, -0.1) is 0 Å². The smallest absolute Gasteiger partial charge is 0.246 e. The molecule has 1 heterocycles. The minimum absolute atomic E-state index is 0.0180. The van der Waals surface area contributed by atoms with Crippen LogP contribution in [0, 0.1) is 5.92 Å². The van der Waals surface area contributed by atoms with Crippen LogP contribution >= 0.6 is 0 Å². The van der Waals surface area contributed by atoms with Gasteiger partial charge in [-0.05, 0) is 48.6 Å². The fraction of sp³-hybridized carbons (Fsp3) is 0.519. The largest absolute Gasteiger partial charge is 0.497 e. The quantitative estimate of drug-likeness (QED) is 0.382. The van der Waals surface area contributed by atoms with Crippen LogP contribution in [0.25, 0.3) is 0 Å². The Kier molecular flexibility index (Phi) is 10.9. The van der Waals surface area contributed by atoms with Gasteiger partial charge >= 0.3 is 0 Å². The molecule has 0 saturated carbocycles. The van der Waals surface area contributed by atoms with Gasteiger partial charge in [0.1, 0.15) is 12.4 Å². The van der Waals surface area contributed by atoms with Crippen LogP contribution in [0.15, 0.2) is 59.5 Å². The number of rotatable bonds is 14. The Hall–Kier alpha value is -2.50. The summed E-state index contributed by atoms with van der Waals surface area (Å²) in [6.45, 7) is 4.76. The highest BCUT2D eigenvalue weighted by Crippen LogP contribution is 2.22. The summed E-state index contributed by atoms with van der Waals surface area (Å²) < 4.78 is 44.3. The standard InChI is InChI=1S/C27H38N2O7S/c1-20(2)16-29(37(32,33)24-11-9-22(34-3)10-12-24)17-26(30)25(15-21-7-5-4-6-8-21)28-27(31)19-36-23-13-14-35-18-23/h4-12,20,23,25-26,30H,13-19H2,1-3H3,(H,28,31). The number of methoxy groups -OCH3 is 1. The van der Waals surface area contributed by atoms with Gasteiger partial charge in [0.05, 0.1) is 36.9 Å². The third kappa shape index (κ3) is 8.79. The molecule has 1 aliphatic rings. The molecule has 2 aromatic carbocycles. The van der Waals surface area contributed by atoms with Crippen LogP contribution in [0.1, 0.15) is 25.8 Å². The van der Waals surface area contributed by atoms with E-state index in [9.17, 15) is 18.3 Å². The number of aliphatic hydroxyl groups excluding tert-OH is 1. The molecule has 1 saturated heterocycles. The summed E-state index contributed by atoms with van der Waals surface area (Å²) in [5.74, 6) is 0.191. The number of nitrogens with one attached hydrogen (secondary N) is 1. The third-order valence-electron chi connectivity index (χ3n) is 6.10. The molecule has 0 radical (unpaired) electrons. The number of carbonyl (C=O) groups is 1. The van der Waals surface area contributed by atoms with Crippen molar-refractivity contribution < 1.29 is 32.5 Å². The highest BCUT2D eigenvalue weighted by molar-refractivity contribution is 7.89. The maximum Gasteiger partial charge on any atom is 0.246 e. The van der Waals surface area contributed by atoms with E-state index in [-0.39, 0.29) is 42.5 Å². The summed E-state index contributed by atoms with van der Waals surface area (Å²) in [7, 11) is -2.39. The van der Waals surface area contributed by atoms with E-state index < -0.39 is 22.2 Å². The molecule has 10 heteroatoms. The number of sulfonamides is 1. The number of benzene rings is 2. The number of ether oxygens (including phenoxy) is 3. The maximum absolute atomic E-state index is 13.5. The predicted molar refractivity (Wildman–Crippen MR) is 140 cm³/mol. The Morgan fingerprint density at radius 3 is 2.43 bits per heavy atom. The Labute approximate surface area is 219 Å². The van der Waals surface area contributed by atoms with E-state index in [1.165, 1.54) is 23.5 Å². The van der Waals surface area contributed by atoms with Crippen LogP contribution in [0.2, 0.25) is 0 Å². The number of aliphatic hydroxyl groups is 1. The van der Waals surface area contributed by atoms with Crippen LogP contribution in [0.3, 0.4) is 0 Å². The van der Waals surface area contributed by atoms with Gasteiger partial charge in [0.2, 0.25) is 15.9 Å². The summed E-state index contributed by atoms with van der Waals surface area (Å²) in [6, 6.07) is 14.9. The van der Waals surface area contributed by atoms with Gasteiger partial charge in [-0.3, -0.25) is 4.79 Å². The molecule has 9 nitrogen and oxygen atoms in total. The minimum atomic E-state index is -3.91. The summed E-state index contributed by atoms with van der Waals surface area (Å²) in [5, 5.41) is 14.1. The highest BCUT2D eigenvalue weighted by atomic mass is 32.2. The van der Waals surface area contributed by atoms with Crippen molar-refractivity contribution in [2.75, 3.05) is 40.0 Å². The first-order chi connectivity index (χ1) is 17.7. The first kappa shape index (κ1) is 29.1. The molecule has 2 N–H and O–H groups in total. The molecule has 1 fully saturated rings. The lowest BCUT2D eigenvalue weighted by Gasteiger charge is -2.31. The summed E-state index contributed by atoms with van der Waals surface area (Å²) in [5.41, 5.74) is 0.908. The maximum atomic E-state index is 13.5. The van der Waals surface area contributed by atoms with Gasteiger partial charge in [-0.1, -0.05) is 44.2 Å². The predicted octanol–water partition coefficient (Wildman–Crippen LogP) is 2.24.